The van der Waals surface area contributed by atoms with Crippen molar-refractivity contribution in [2.24, 2.45) is 10.1 Å². The molecule has 3 rings (SSSR count). The molecule has 0 aliphatic carbocycles. The normalized spacial score (nSPS) is 21.2. The predicted molar refractivity (Wildman–Crippen MR) is 101 cm³/mol. The number of hydrazone groups is 1. The van der Waals surface area contributed by atoms with Crippen molar-refractivity contribution < 1.29 is 0 Å². The Morgan fingerprint density at radius 2 is 1.92 bits per heavy atom. The lowest BCUT2D eigenvalue weighted by Gasteiger charge is -2.31. The first kappa shape index (κ1) is 16.6. The van der Waals surface area contributed by atoms with Gasteiger partial charge in [0.2, 0.25) is 0 Å². The topological polar surface area (TPSA) is 43.2 Å². The van der Waals surface area contributed by atoms with Gasteiger partial charge >= 0.3 is 0 Å². The number of hydrogen-bond acceptors (Lipinski definition) is 5. The third kappa shape index (κ3) is 4.37. The summed E-state index contributed by atoms with van der Waals surface area (Å²) in [7, 11) is 0. The van der Waals surface area contributed by atoms with Crippen molar-refractivity contribution in [1.29, 1.82) is 0 Å². The molecule has 0 spiro atoms. The van der Waals surface area contributed by atoms with Gasteiger partial charge in [-0.25, -0.2) is 0 Å². The van der Waals surface area contributed by atoms with Gasteiger partial charge in [-0.2, -0.15) is 5.10 Å². The van der Waals surface area contributed by atoms with Gasteiger partial charge in [-0.1, -0.05) is 11.6 Å². The maximum absolute atomic E-state index is 4.67. The van der Waals surface area contributed by atoms with Gasteiger partial charge in [-0.3, -0.25) is 10.0 Å². The molecule has 3 aliphatic rings. The van der Waals surface area contributed by atoms with Crippen molar-refractivity contribution in [3.05, 3.63) is 47.0 Å². The Bertz CT molecular complexity index is 691. The second kappa shape index (κ2) is 7.07. The Kier molecular flexibility index (Phi) is 4.88. The number of rotatable bonds is 4. The molecule has 5 heteroatoms. The largest absolute Gasteiger partial charge is 0.384 e. The number of nitrogens with zero attached hydrogens (tertiary/aromatic N) is 4. The van der Waals surface area contributed by atoms with Gasteiger partial charge < -0.3 is 10.2 Å². The van der Waals surface area contributed by atoms with Crippen LogP contribution < -0.4 is 5.32 Å². The van der Waals surface area contributed by atoms with E-state index in [0.29, 0.717) is 0 Å². The zero-order valence-electron chi connectivity index (χ0n) is 15.1. The highest BCUT2D eigenvalue weighted by Gasteiger charge is 2.17. The van der Waals surface area contributed by atoms with Crippen LogP contribution in [0.4, 0.5) is 0 Å². The summed E-state index contributed by atoms with van der Waals surface area (Å²) < 4.78 is 0. The first-order valence-corrected chi connectivity index (χ1v) is 8.54. The molecule has 0 saturated heterocycles. The van der Waals surface area contributed by atoms with Crippen LogP contribution in [0.2, 0.25) is 0 Å². The fraction of sp³-hybridized carbons (Fsp3) is 0.474. The second-order valence-corrected chi connectivity index (χ2v) is 6.98. The smallest absolute Gasteiger partial charge is 0.0765 e. The average Bonchev–Trinajstić information content (AvgIpc) is 2.45. The molecule has 5 nitrogen and oxygen atoms in total. The summed E-state index contributed by atoms with van der Waals surface area (Å²) in [6.07, 6.45) is 8.69. The van der Waals surface area contributed by atoms with Crippen LogP contribution in [0.5, 0.6) is 0 Å². The van der Waals surface area contributed by atoms with Gasteiger partial charge in [0.15, 0.2) is 0 Å². The zero-order valence-corrected chi connectivity index (χ0v) is 15.1. The minimum Gasteiger partial charge on any atom is -0.384 e. The maximum atomic E-state index is 4.67. The number of aliphatic imine (C=N–C) groups is 1. The molecule has 1 N–H and O–H groups in total. The fourth-order valence-electron chi connectivity index (χ4n) is 3.48. The highest BCUT2D eigenvalue weighted by Crippen LogP contribution is 2.17. The van der Waals surface area contributed by atoms with Crippen LogP contribution in [0, 0.1) is 0 Å². The van der Waals surface area contributed by atoms with Gasteiger partial charge in [-0.05, 0) is 44.9 Å². The molecule has 3 aliphatic heterocycles. The molecule has 0 fully saturated rings. The molecule has 0 atom stereocenters. The molecule has 3 heterocycles. The third-order valence-corrected chi connectivity index (χ3v) is 4.13. The number of hydrogen-bond donors (Lipinski definition) is 1. The second-order valence-electron chi connectivity index (χ2n) is 6.98. The standard InChI is InChI=1S/C19H27N5/c1-14-5-15(2)10-23(9-14)11-18-6-16(3)22-24(12-18)13-19-8-20-7-17(4)21-19/h5-7,9,20H,8,10-13H2,1-4H3. The van der Waals surface area contributed by atoms with E-state index in [9.17, 15) is 0 Å². The molecular formula is C19H27N5. The molecule has 0 aromatic rings. The Balaban J connectivity index is 1.63. The summed E-state index contributed by atoms with van der Waals surface area (Å²) in [6.45, 7) is 12.9. The van der Waals surface area contributed by atoms with Crippen molar-refractivity contribution in [3.63, 3.8) is 0 Å². The third-order valence-electron chi connectivity index (χ3n) is 4.13. The highest BCUT2D eigenvalue weighted by molar-refractivity contribution is 5.94. The van der Waals surface area contributed by atoms with Gasteiger partial charge in [0, 0.05) is 25.5 Å². The first-order valence-electron chi connectivity index (χ1n) is 8.54. The summed E-state index contributed by atoms with van der Waals surface area (Å²) in [5.74, 6) is 0. The van der Waals surface area contributed by atoms with Gasteiger partial charge in [0.1, 0.15) is 0 Å². The van der Waals surface area contributed by atoms with E-state index < -0.39 is 0 Å². The SMILES string of the molecule is CC1=CN(CC2=CC(C)=NN(CC3=NC(C)=CNC3)C2)CC(C)=C1. The Morgan fingerprint density at radius 3 is 2.67 bits per heavy atom. The van der Waals surface area contributed by atoms with Crippen LogP contribution in [0.3, 0.4) is 0 Å². The summed E-state index contributed by atoms with van der Waals surface area (Å²) in [5, 5.41) is 10.1. The molecule has 0 aromatic carbocycles. The van der Waals surface area contributed by atoms with Gasteiger partial charge in [0.25, 0.3) is 0 Å². The van der Waals surface area contributed by atoms with E-state index in [1.807, 2.05) is 13.1 Å². The van der Waals surface area contributed by atoms with Crippen LogP contribution >= 0.6 is 0 Å². The van der Waals surface area contributed by atoms with E-state index in [2.05, 4.69) is 64.4 Å². The Labute approximate surface area is 144 Å². The van der Waals surface area contributed by atoms with Crippen molar-refractivity contribution in [1.82, 2.24) is 15.2 Å². The van der Waals surface area contributed by atoms with Crippen LogP contribution in [-0.4, -0.2) is 54.1 Å². The van der Waals surface area contributed by atoms with Crippen LogP contribution in [-0.2, 0) is 0 Å². The van der Waals surface area contributed by atoms with E-state index in [1.54, 1.807) is 0 Å². The predicted octanol–water partition coefficient (Wildman–Crippen LogP) is 2.68. The molecule has 0 unspecified atom stereocenters. The van der Waals surface area contributed by atoms with E-state index in [0.717, 1.165) is 49.8 Å². The van der Waals surface area contributed by atoms with Crippen molar-refractivity contribution in [2.75, 3.05) is 32.7 Å². The molecule has 24 heavy (non-hydrogen) atoms. The van der Waals surface area contributed by atoms with Gasteiger partial charge in [0.05, 0.1) is 36.8 Å². The fourth-order valence-corrected chi connectivity index (χ4v) is 3.48. The minimum atomic E-state index is 0.778. The van der Waals surface area contributed by atoms with E-state index in [4.69, 9.17) is 0 Å². The zero-order chi connectivity index (χ0) is 17.1. The molecule has 0 saturated carbocycles. The molecule has 0 aromatic heterocycles. The Morgan fingerprint density at radius 1 is 1.08 bits per heavy atom. The quantitative estimate of drug-likeness (QED) is 0.864. The lowest BCUT2D eigenvalue weighted by molar-refractivity contribution is 0.332. The van der Waals surface area contributed by atoms with E-state index in [1.165, 1.54) is 16.7 Å². The molecule has 0 radical (unpaired) electrons. The first-order chi connectivity index (χ1) is 11.5. The molecule has 0 bridgehead atoms. The van der Waals surface area contributed by atoms with Crippen LogP contribution in [0.25, 0.3) is 0 Å². The average molecular weight is 325 g/mol. The van der Waals surface area contributed by atoms with E-state index >= 15 is 0 Å². The monoisotopic (exact) mass is 325 g/mol. The summed E-state index contributed by atoms with van der Waals surface area (Å²) in [6, 6.07) is 0. The highest BCUT2D eigenvalue weighted by atomic mass is 15.5. The maximum Gasteiger partial charge on any atom is 0.0765 e. The lowest BCUT2D eigenvalue weighted by atomic mass is 10.1. The summed E-state index contributed by atoms with van der Waals surface area (Å²) >= 11 is 0. The Hall–Kier alpha value is -2.30. The summed E-state index contributed by atoms with van der Waals surface area (Å²) in [4.78, 5) is 7.01. The van der Waals surface area contributed by atoms with Gasteiger partial charge in [-0.15, -0.1) is 0 Å². The van der Waals surface area contributed by atoms with E-state index in [-0.39, 0.29) is 0 Å². The lowest BCUT2D eigenvalue weighted by Crippen LogP contribution is -2.37. The molecule has 0 amide bonds. The molecule has 128 valence electrons. The number of nitrogens with one attached hydrogen (secondary N) is 1. The van der Waals surface area contributed by atoms with Crippen molar-refractivity contribution in [2.45, 2.75) is 27.7 Å². The van der Waals surface area contributed by atoms with Crippen molar-refractivity contribution in [3.8, 4) is 0 Å². The van der Waals surface area contributed by atoms with Crippen LogP contribution in [0.15, 0.2) is 57.1 Å². The number of allylic oxidation sites excluding steroid dienone is 4. The van der Waals surface area contributed by atoms with Crippen LogP contribution in [0.1, 0.15) is 27.7 Å². The summed E-state index contributed by atoms with van der Waals surface area (Å²) in [5.41, 5.74) is 7.37. The minimum absolute atomic E-state index is 0.778. The van der Waals surface area contributed by atoms with Crippen molar-refractivity contribution >= 4 is 11.4 Å². The molecular weight excluding hydrogens is 298 g/mol.